The Morgan fingerprint density at radius 2 is 1.97 bits per heavy atom. The molecule has 0 spiro atoms. The third-order valence-electron chi connectivity index (χ3n) is 6.46. The van der Waals surface area contributed by atoms with Crippen LogP contribution in [0, 0.1) is 17.7 Å². The monoisotopic (exact) mass is 556 g/mol. The lowest BCUT2D eigenvalue weighted by molar-refractivity contribution is 0.0981. The molecule has 1 aliphatic rings. The van der Waals surface area contributed by atoms with Gasteiger partial charge in [-0.3, -0.25) is 9.59 Å². The number of halogens is 1. The van der Waals surface area contributed by atoms with Gasteiger partial charge in [-0.2, -0.15) is 8.42 Å². The Balaban J connectivity index is 1.77. The molecule has 0 saturated carbocycles. The molecular formula is C28H33FN4O5S. The standard InChI is InChI=1S/C28H33FN4O5S/c1-17(2)16-38-21-12-19(11-20(29)13-21)23-10-9-22(26(30-23)33-15-18(3)14-28(33,4)5)27(35)32-39(36,37)25-8-6-7-24(34)31-25/h6-13,17-18H,14-16H2,1-5H3,(H,31,34)(H,32,35)/t18-/m0/s1. The minimum atomic E-state index is -4.36. The zero-order chi connectivity index (χ0) is 28.5. The van der Waals surface area contributed by atoms with E-state index in [1.54, 1.807) is 12.1 Å². The first-order chi connectivity index (χ1) is 18.2. The van der Waals surface area contributed by atoms with E-state index in [1.165, 1.54) is 36.4 Å². The van der Waals surface area contributed by atoms with Crippen LogP contribution in [0.1, 0.15) is 51.4 Å². The molecule has 0 unspecified atom stereocenters. The van der Waals surface area contributed by atoms with Crippen LogP contribution in [0.4, 0.5) is 10.2 Å². The number of hydrogen-bond acceptors (Lipinski definition) is 7. The number of amides is 1. The van der Waals surface area contributed by atoms with Crippen molar-refractivity contribution >= 4 is 21.7 Å². The van der Waals surface area contributed by atoms with Crippen LogP contribution in [0.25, 0.3) is 11.3 Å². The van der Waals surface area contributed by atoms with E-state index in [1.807, 2.05) is 37.3 Å². The largest absolute Gasteiger partial charge is 0.493 e. The summed E-state index contributed by atoms with van der Waals surface area (Å²) in [5, 5.41) is -0.432. The Hall–Kier alpha value is -3.73. The zero-order valence-corrected chi connectivity index (χ0v) is 23.4. The molecule has 11 heteroatoms. The molecule has 1 amide bonds. The van der Waals surface area contributed by atoms with Gasteiger partial charge in [-0.15, -0.1) is 0 Å². The average Bonchev–Trinajstić information content (AvgIpc) is 3.13. The summed E-state index contributed by atoms with van der Waals surface area (Å²) in [7, 11) is -4.36. The van der Waals surface area contributed by atoms with Gasteiger partial charge in [0.15, 0.2) is 5.03 Å². The van der Waals surface area contributed by atoms with E-state index in [-0.39, 0.29) is 22.8 Å². The predicted octanol–water partition coefficient (Wildman–Crippen LogP) is 4.35. The molecular weight excluding hydrogens is 523 g/mol. The summed E-state index contributed by atoms with van der Waals surface area (Å²) in [5.74, 6) is -0.195. The summed E-state index contributed by atoms with van der Waals surface area (Å²) in [6.07, 6.45) is 0.830. The number of rotatable bonds is 8. The first-order valence-electron chi connectivity index (χ1n) is 12.7. The summed E-state index contributed by atoms with van der Waals surface area (Å²) in [4.78, 5) is 34.0. The van der Waals surface area contributed by atoms with E-state index in [4.69, 9.17) is 9.72 Å². The van der Waals surface area contributed by atoms with Crippen LogP contribution in [-0.4, -0.2) is 43.0 Å². The molecule has 0 radical (unpaired) electrons. The SMILES string of the molecule is CC(C)COc1cc(F)cc(-c2ccc(C(=O)NS(=O)(=O)c3cccc(=O)[nH]3)c(N3C[C@@H](C)CC3(C)C)n2)c1. The number of carbonyl (C=O) groups is 1. The van der Waals surface area contributed by atoms with Gasteiger partial charge in [0.05, 0.1) is 17.9 Å². The molecule has 1 aromatic carbocycles. The van der Waals surface area contributed by atoms with Gasteiger partial charge in [-0.25, -0.2) is 14.1 Å². The van der Waals surface area contributed by atoms with Crippen LogP contribution >= 0.6 is 0 Å². The second-order valence-corrected chi connectivity index (χ2v) is 12.6. The Labute approximate surface area is 227 Å². The fraction of sp³-hybridized carbons (Fsp3) is 0.393. The molecule has 1 saturated heterocycles. The third-order valence-corrected chi connectivity index (χ3v) is 7.73. The summed E-state index contributed by atoms with van der Waals surface area (Å²) >= 11 is 0. The molecule has 3 heterocycles. The smallest absolute Gasteiger partial charge is 0.279 e. The van der Waals surface area contributed by atoms with Crippen LogP contribution in [0.2, 0.25) is 0 Å². The first kappa shape index (κ1) is 28.3. The number of ether oxygens (including phenoxy) is 1. The number of carbonyl (C=O) groups excluding carboxylic acids is 1. The van der Waals surface area contributed by atoms with E-state index in [0.29, 0.717) is 36.1 Å². The molecule has 2 aromatic heterocycles. The highest BCUT2D eigenvalue weighted by Crippen LogP contribution is 2.38. The lowest BCUT2D eigenvalue weighted by atomic mass is 9.97. The lowest BCUT2D eigenvalue weighted by Crippen LogP contribution is -2.41. The first-order valence-corrected chi connectivity index (χ1v) is 14.2. The predicted molar refractivity (Wildman–Crippen MR) is 147 cm³/mol. The van der Waals surface area contributed by atoms with Crippen LogP contribution in [0.15, 0.2) is 58.4 Å². The summed E-state index contributed by atoms with van der Waals surface area (Å²) in [6, 6.07) is 11.0. The molecule has 1 atom stereocenters. The van der Waals surface area contributed by atoms with Crippen LogP contribution in [-0.2, 0) is 10.0 Å². The minimum absolute atomic E-state index is 0.0375. The van der Waals surface area contributed by atoms with Gasteiger partial charge in [0.2, 0.25) is 5.56 Å². The second kappa shape index (κ2) is 10.8. The fourth-order valence-corrected chi connectivity index (χ4v) is 5.78. The average molecular weight is 557 g/mol. The summed E-state index contributed by atoms with van der Waals surface area (Å²) in [6.45, 7) is 11.1. The second-order valence-electron chi connectivity index (χ2n) is 11.0. The van der Waals surface area contributed by atoms with Crippen molar-refractivity contribution in [3.8, 4) is 17.0 Å². The van der Waals surface area contributed by atoms with Gasteiger partial charge >= 0.3 is 0 Å². The Bertz CT molecular complexity index is 1550. The lowest BCUT2D eigenvalue weighted by Gasteiger charge is -2.34. The molecule has 1 fully saturated rings. The van der Waals surface area contributed by atoms with Gasteiger partial charge in [0.25, 0.3) is 15.9 Å². The highest BCUT2D eigenvalue weighted by atomic mass is 32.2. The van der Waals surface area contributed by atoms with Crippen molar-refractivity contribution in [3.05, 3.63) is 70.3 Å². The van der Waals surface area contributed by atoms with Crippen molar-refractivity contribution < 1.29 is 22.3 Å². The van der Waals surface area contributed by atoms with Gasteiger partial charge < -0.3 is 14.6 Å². The van der Waals surface area contributed by atoms with Crippen LogP contribution in [0.3, 0.4) is 0 Å². The number of aromatic nitrogens is 2. The number of nitrogens with one attached hydrogen (secondary N) is 2. The van der Waals surface area contributed by atoms with Gasteiger partial charge in [0.1, 0.15) is 17.4 Å². The molecule has 1 aliphatic heterocycles. The molecule has 3 aromatic rings. The maximum Gasteiger partial charge on any atom is 0.279 e. The topological polar surface area (TPSA) is 121 Å². The fourth-order valence-electron chi connectivity index (χ4n) is 4.82. The summed E-state index contributed by atoms with van der Waals surface area (Å²) < 4.78 is 48.0. The number of anilines is 1. The highest BCUT2D eigenvalue weighted by molar-refractivity contribution is 7.90. The van der Waals surface area contributed by atoms with E-state index >= 15 is 0 Å². The number of hydrogen-bond donors (Lipinski definition) is 2. The number of nitrogens with zero attached hydrogens (tertiary/aromatic N) is 2. The number of aromatic amines is 1. The van der Waals surface area contributed by atoms with Crippen LogP contribution < -0.4 is 19.9 Å². The van der Waals surface area contributed by atoms with E-state index in [0.717, 1.165) is 6.42 Å². The van der Waals surface area contributed by atoms with Crippen molar-refractivity contribution in [2.24, 2.45) is 11.8 Å². The van der Waals surface area contributed by atoms with Crippen molar-refractivity contribution in [2.75, 3.05) is 18.1 Å². The molecule has 208 valence electrons. The van der Waals surface area contributed by atoms with E-state index in [9.17, 15) is 22.4 Å². The minimum Gasteiger partial charge on any atom is -0.493 e. The summed E-state index contributed by atoms with van der Waals surface area (Å²) in [5.41, 5.74) is -0.0912. The Kier molecular flexibility index (Phi) is 7.83. The van der Waals surface area contributed by atoms with E-state index in [2.05, 4.69) is 11.9 Å². The van der Waals surface area contributed by atoms with Crippen LogP contribution in [0.5, 0.6) is 5.75 Å². The number of pyridine rings is 2. The maximum atomic E-state index is 14.5. The molecule has 0 bridgehead atoms. The molecule has 0 aliphatic carbocycles. The number of sulfonamides is 1. The maximum absolute atomic E-state index is 14.5. The van der Waals surface area contributed by atoms with Gasteiger partial charge in [-0.1, -0.05) is 26.8 Å². The Morgan fingerprint density at radius 1 is 1.23 bits per heavy atom. The van der Waals surface area contributed by atoms with Gasteiger partial charge in [0, 0.05) is 29.8 Å². The zero-order valence-electron chi connectivity index (χ0n) is 22.6. The third kappa shape index (κ3) is 6.47. The quantitative estimate of drug-likeness (QED) is 0.423. The molecule has 4 rings (SSSR count). The molecule has 39 heavy (non-hydrogen) atoms. The highest BCUT2D eigenvalue weighted by Gasteiger charge is 2.39. The molecule has 2 N–H and O–H groups in total. The molecule has 9 nitrogen and oxygen atoms in total. The van der Waals surface area contributed by atoms with Crippen molar-refractivity contribution in [1.82, 2.24) is 14.7 Å². The van der Waals surface area contributed by atoms with Crippen molar-refractivity contribution in [3.63, 3.8) is 0 Å². The normalized spacial score (nSPS) is 16.9. The van der Waals surface area contributed by atoms with E-state index < -0.39 is 32.3 Å². The number of benzene rings is 1. The Morgan fingerprint density at radius 3 is 2.62 bits per heavy atom. The van der Waals surface area contributed by atoms with Crippen molar-refractivity contribution in [1.29, 1.82) is 0 Å². The number of H-pyrrole nitrogens is 1. The van der Waals surface area contributed by atoms with Crippen molar-refractivity contribution in [2.45, 2.75) is 51.6 Å². The van der Waals surface area contributed by atoms with Gasteiger partial charge in [-0.05, 0) is 62.4 Å².